The van der Waals surface area contributed by atoms with E-state index in [1.54, 1.807) is 19.1 Å². The van der Waals surface area contributed by atoms with Crippen LogP contribution in [0.4, 0.5) is 0 Å². The van der Waals surface area contributed by atoms with Crippen molar-refractivity contribution in [1.82, 2.24) is 0 Å². The third-order valence-corrected chi connectivity index (χ3v) is 6.66. The van der Waals surface area contributed by atoms with Crippen molar-refractivity contribution in [2.75, 3.05) is 6.61 Å². The Morgan fingerprint density at radius 2 is 1.88 bits per heavy atom. The lowest BCUT2D eigenvalue weighted by molar-refractivity contribution is -0.312. The Balaban J connectivity index is 2.07. The summed E-state index contributed by atoms with van der Waals surface area (Å²) < 4.78 is 42.8. The highest BCUT2D eigenvalue weighted by Crippen LogP contribution is 2.46. The van der Waals surface area contributed by atoms with Gasteiger partial charge in [-0.15, -0.1) is 0 Å². The number of fused-ring (bicyclic) bond motifs is 1. The number of sulfone groups is 1. The first-order valence-corrected chi connectivity index (χ1v) is 9.83. The van der Waals surface area contributed by atoms with E-state index in [4.69, 9.17) is 14.2 Å². The van der Waals surface area contributed by atoms with Crippen LogP contribution in [-0.2, 0) is 24.0 Å². The van der Waals surface area contributed by atoms with Gasteiger partial charge >= 0.3 is 0 Å². The molecule has 8 nitrogen and oxygen atoms in total. The Morgan fingerprint density at radius 1 is 1.23 bits per heavy atom. The van der Waals surface area contributed by atoms with Crippen molar-refractivity contribution in [2.45, 2.75) is 67.9 Å². The zero-order chi connectivity index (χ0) is 19.5. The number of aryl methyl sites for hydroxylation is 2. The molecule has 9 heteroatoms. The largest absolute Gasteiger partial charge is 0.388 e. The monoisotopic (exact) mass is 388 g/mol. The van der Waals surface area contributed by atoms with Crippen molar-refractivity contribution in [3.05, 3.63) is 29.3 Å². The summed E-state index contributed by atoms with van der Waals surface area (Å²) in [6.07, 6.45) is -4.15. The van der Waals surface area contributed by atoms with Gasteiger partial charge in [0.25, 0.3) is 0 Å². The van der Waals surface area contributed by atoms with Crippen molar-refractivity contribution < 1.29 is 37.9 Å². The summed E-state index contributed by atoms with van der Waals surface area (Å²) in [6, 6.07) is 4.72. The molecule has 5 atom stereocenters. The first-order valence-electron chi connectivity index (χ1n) is 8.28. The van der Waals surface area contributed by atoms with Gasteiger partial charge in [0.2, 0.25) is 21.1 Å². The number of hydrogen-bond donors (Lipinski definition) is 3. The van der Waals surface area contributed by atoms with E-state index in [1.165, 1.54) is 19.9 Å². The van der Waals surface area contributed by atoms with E-state index in [0.29, 0.717) is 5.56 Å². The average Bonchev–Trinajstić information content (AvgIpc) is 2.82. The van der Waals surface area contributed by atoms with E-state index >= 15 is 0 Å². The molecule has 2 fully saturated rings. The van der Waals surface area contributed by atoms with Gasteiger partial charge in [0.15, 0.2) is 5.79 Å². The Labute approximate surface area is 152 Å². The van der Waals surface area contributed by atoms with Crippen LogP contribution in [0.1, 0.15) is 25.0 Å². The molecule has 3 N–H and O–H groups in total. The summed E-state index contributed by atoms with van der Waals surface area (Å²) in [6.45, 7) is 6.06. The molecule has 0 spiro atoms. The fraction of sp³-hybridized carbons (Fsp3) is 0.647. The Bertz CT molecular complexity index is 805. The SMILES string of the molecule is Cc1ccc(S(=O)(=O)C(O)C23OC[C@@H](O)[C@@H](O)[C@@H]2OC(C)(C)O3)c(C)c1. The molecule has 26 heavy (non-hydrogen) atoms. The molecule has 1 aromatic rings. The van der Waals surface area contributed by atoms with Crippen molar-refractivity contribution in [3.63, 3.8) is 0 Å². The van der Waals surface area contributed by atoms with Crippen LogP contribution in [0.15, 0.2) is 23.1 Å². The Morgan fingerprint density at radius 3 is 2.50 bits per heavy atom. The van der Waals surface area contributed by atoms with Crippen LogP contribution >= 0.6 is 0 Å². The second-order valence-electron chi connectivity index (χ2n) is 7.30. The molecular formula is C17H24O8S. The molecule has 1 aromatic carbocycles. The molecule has 3 rings (SSSR count). The highest BCUT2D eigenvalue weighted by molar-refractivity contribution is 7.92. The van der Waals surface area contributed by atoms with Crippen LogP contribution in [0.3, 0.4) is 0 Å². The third-order valence-electron chi connectivity index (χ3n) is 4.67. The van der Waals surface area contributed by atoms with Gasteiger partial charge in [0, 0.05) is 0 Å². The van der Waals surface area contributed by atoms with Crippen molar-refractivity contribution in [2.24, 2.45) is 0 Å². The molecular weight excluding hydrogens is 364 g/mol. The molecule has 0 radical (unpaired) electrons. The third kappa shape index (κ3) is 2.97. The van der Waals surface area contributed by atoms with Crippen LogP contribution in [-0.4, -0.2) is 65.7 Å². The van der Waals surface area contributed by atoms with Crippen molar-refractivity contribution >= 4 is 9.84 Å². The lowest BCUT2D eigenvalue weighted by Crippen LogP contribution is -2.65. The molecule has 146 valence electrons. The van der Waals surface area contributed by atoms with Gasteiger partial charge in [-0.05, 0) is 39.3 Å². The molecule has 2 aliphatic rings. The topological polar surface area (TPSA) is 123 Å². The van der Waals surface area contributed by atoms with Gasteiger partial charge in [-0.3, -0.25) is 0 Å². The molecule has 0 aromatic heterocycles. The van der Waals surface area contributed by atoms with Crippen LogP contribution in [0.5, 0.6) is 0 Å². The second-order valence-corrected chi connectivity index (χ2v) is 9.27. The maximum atomic E-state index is 13.1. The minimum atomic E-state index is -4.31. The highest BCUT2D eigenvalue weighted by atomic mass is 32.2. The molecule has 2 aliphatic heterocycles. The van der Waals surface area contributed by atoms with Gasteiger partial charge in [-0.2, -0.15) is 0 Å². The summed E-state index contributed by atoms with van der Waals surface area (Å²) in [5, 5.41) is 31.0. The van der Waals surface area contributed by atoms with Crippen LogP contribution < -0.4 is 0 Å². The van der Waals surface area contributed by atoms with E-state index < -0.39 is 51.8 Å². The number of rotatable bonds is 3. The molecule has 0 aliphatic carbocycles. The van der Waals surface area contributed by atoms with Crippen LogP contribution in [0.2, 0.25) is 0 Å². The standard InChI is InChI=1S/C17H24O8S/c1-9-5-6-12(10(2)7-9)26(21,22)15(20)17-14(24-16(3,4)25-17)13(19)11(18)8-23-17/h5-7,11,13-15,18-20H,8H2,1-4H3/t11-,13-,14+,15?,17?/m1/s1. The van der Waals surface area contributed by atoms with Gasteiger partial charge in [-0.1, -0.05) is 17.7 Å². The molecule has 0 amide bonds. The minimum Gasteiger partial charge on any atom is -0.388 e. The zero-order valence-electron chi connectivity index (χ0n) is 15.0. The van der Waals surface area contributed by atoms with E-state index in [0.717, 1.165) is 5.56 Å². The molecule has 2 unspecified atom stereocenters. The van der Waals surface area contributed by atoms with Gasteiger partial charge in [-0.25, -0.2) is 8.42 Å². The Kier molecular flexibility index (Phi) is 4.72. The first-order chi connectivity index (χ1) is 11.9. The summed E-state index contributed by atoms with van der Waals surface area (Å²) in [4.78, 5) is -0.0683. The summed E-state index contributed by atoms with van der Waals surface area (Å²) in [7, 11) is -4.31. The molecule has 0 saturated carbocycles. The van der Waals surface area contributed by atoms with Gasteiger partial charge < -0.3 is 29.5 Å². The quantitative estimate of drug-likeness (QED) is 0.661. The predicted molar refractivity (Wildman–Crippen MR) is 89.8 cm³/mol. The summed E-state index contributed by atoms with van der Waals surface area (Å²) in [5.74, 6) is -3.48. The molecule has 2 heterocycles. The molecule has 2 saturated heterocycles. The number of aliphatic hydroxyl groups excluding tert-OH is 3. The summed E-state index contributed by atoms with van der Waals surface area (Å²) >= 11 is 0. The minimum absolute atomic E-state index is 0.0683. The highest BCUT2D eigenvalue weighted by Gasteiger charge is 2.67. The molecule has 0 bridgehead atoms. The smallest absolute Gasteiger partial charge is 0.242 e. The predicted octanol–water partition coefficient (Wildman–Crippen LogP) is -0.00466. The number of ether oxygens (including phenoxy) is 3. The fourth-order valence-corrected chi connectivity index (χ4v) is 5.20. The zero-order valence-corrected chi connectivity index (χ0v) is 15.9. The lowest BCUT2D eigenvalue weighted by atomic mass is 9.97. The summed E-state index contributed by atoms with van der Waals surface area (Å²) in [5.41, 5.74) is -0.821. The van der Waals surface area contributed by atoms with E-state index in [2.05, 4.69) is 0 Å². The lowest BCUT2D eigenvalue weighted by Gasteiger charge is -2.43. The number of aliphatic hydroxyl groups is 3. The first kappa shape index (κ1) is 19.7. The fourth-order valence-electron chi connectivity index (χ4n) is 3.51. The normalized spacial score (nSPS) is 35.1. The maximum absolute atomic E-state index is 13.1. The van der Waals surface area contributed by atoms with Gasteiger partial charge in [0.05, 0.1) is 11.5 Å². The van der Waals surface area contributed by atoms with Gasteiger partial charge in [0.1, 0.15) is 18.3 Å². The number of hydrogen-bond acceptors (Lipinski definition) is 8. The second kappa shape index (κ2) is 6.23. The van der Waals surface area contributed by atoms with E-state index in [1.807, 2.05) is 6.92 Å². The maximum Gasteiger partial charge on any atom is 0.242 e. The average molecular weight is 388 g/mol. The van der Waals surface area contributed by atoms with Crippen molar-refractivity contribution in [3.8, 4) is 0 Å². The van der Waals surface area contributed by atoms with Crippen LogP contribution in [0, 0.1) is 13.8 Å². The van der Waals surface area contributed by atoms with E-state index in [-0.39, 0.29) is 4.90 Å². The Hall–Kier alpha value is -1.07. The van der Waals surface area contributed by atoms with Crippen molar-refractivity contribution in [1.29, 1.82) is 0 Å². The number of benzene rings is 1. The van der Waals surface area contributed by atoms with Crippen LogP contribution in [0.25, 0.3) is 0 Å². The van der Waals surface area contributed by atoms with E-state index in [9.17, 15) is 23.7 Å².